The highest BCUT2D eigenvalue weighted by atomic mass is 19.4. The first-order chi connectivity index (χ1) is 22.7. The number of aryl methyl sites for hydroxylation is 1. The summed E-state index contributed by atoms with van der Waals surface area (Å²) < 4.78 is 134. The number of hydrogen-bond donors (Lipinski definition) is 0. The summed E-state index contributed by atoms with van der Waals surface area (Å²) in [7, 11) is 0. The third-order valence-corrected chi connectivity index (χ3v) is 7.57. The molecular formula is C37H27F9O2. The highest BCUT2D eigenvalue weighted by Crippen LogP contribution is 2.37. The molecule has 0 radical (unpaired) electrons. The fourth-order valence-electron chi connectivity index (χ4n) is 5.14. The van der Waals surface area contributed by atoms with Gasteiger partial charge in [-0.3, -0.25) is 0 Å². The molecule has 0 fully saturated rings. The van der Waals surface area contributed by atoms with E-state index in [9.17, 15) is 26.3 Å². The molecule has 5 aromatic rings. The van der Waals surface area contributed by atoms with Gasteiger partial charge >= 0.3 is 12.5 Å². The van der Waals surface area contributed by atoms with Gasteiger partial charge in [0.15, 0.2) is 11.6 Å². The average molecular weight is 675 g/mol. The second kappa shape index (κ2) is 14.0. The molecule has 0 amide bonds. The van der Waals surface area contributed by atoms with E-state index >= 15 is 13.2 Å². The Labute approximate surface area is 270 Å². The second-order valence-electron chi connectivity index (χ2n) is 11.0. The van der Waals surface area contributed by atoms with Gasteiger partial charge in [0, 0.05) is 17.2 Å². The van der Waals surface area contributed by atoms with E-state index in [1.165, 1.54) is 23.8 Å². The van der Waals surface area contributed by atoms with Gasteiger partial charge in [0.05, 0.1) is 5.56 Å². The topological polar surface area (TPSA) is 18.5 Å². The molecule has 0 N–H and O–H groups in total. The first kappa shape index (κ1) is 34.4. The van der Waals surface area contributed by atoms with Crippen LogP contribution in [0.3, 0.4) is 0 Å². The van der Waals surface area contributed by atoms with Gasteiger partial charge in [-0.1, -0.05) is 68.3 Å². The fraction of sp³-hybridized carbons (Fsp3) is 0.189. The average Bonchev–Trinajstić information content (AvgIpc) is 3.03. The van der Waals surface area contributed by atoms with Crippen molar-refractivity contribution in [2.75, 3.05) is 0 Å². The van der Waals surface area contributed by atoms with Crippen LogP contribution in [0.5, 0.6) is 11.5 Å². The van der Waals surface area contributed by atoms with Crippen molar-refractivity contribution < 1.29 is 49.0 Å². The quantitative estimate of drug-likeness (QED) is 0.103. The molecule has 0 unspecified atom stereocenters. The van der Waals surface area contributed by atoms with Gasteiger partial charge in [0.25, 0.3) is 0 Å². The van der Waals surface area contributed by atoms with Crippen LogP contribution in [0.4, 0.5) is 39.5 Å². The highest BCUT2D eigenvalue weighted by molar-refractivity contribution is 5.71. The zero-order valence-electron chi connectivity index (χ0n) is 25.3. The van der Waals surface area contributed by atoms with Crippen LogP contribution in [-0.4, -0.2) is 6.36 Å². The Balaban J connectivity index is 1.28. The minimum absolute atomic E-state index is 0.189. The van der Waals surface area contributed by atoms with E-state index in [1.807, 2.05) is 24.3 Å². The normalized spacial score (nSPS) is 11.9. The molecule has 0 aliphatic carbocycles. The Kier molecular flexibility index (Phi) is 10.1. The number of rotatable bonds is 11. The predicted octanol–water partition coefficient (Wildman–Crippen LogP) is 12.0. The van der Waals surface area contributed by atoms with Gasteiger partial charge < -0.3 is 9.47 Å². The Morgan fingerprint density at radius 3 is 1.65 bits per heavy atom. The standard InChI is InChI=1S/C37H27F9O2/c1-2-3-4-5-22-6-8-23(9-7-22)25-12-16-29(31(38)18-25)24-10-13-27(14-11-24)36(42,43)47-28-15-17-30(32(39)21-28)26-19-33(40)35(34(41)20-26)48-37(44,45)46/h6-21H,2-5H2,1H3. The Morgan fingerprint density at radius 2 is 1.06 bits per heavy atom. The Morgan fingerprint density at radius 1 is 0.521 bits per heavy atom. The van der Waals surface area contributed by atoms with Crippen molar-refractivity contribution in [1.82, 2.24) is 0 Å². The summed E-state index contributed by atoms with van der Waals surface area (Å²) in [5, 5.41) is 0. The Hall–Kier alpha value is -4.93. The number of unbranched alkanes of at least 4 members (excludes halogenated alkanes) is 2. The second-order valence-corrected chi connectivity index (χ2v) is 11.0. The summed E-state index contributed by atoms with van der Waals surface area (Å²) in [4.78, 5) is 0. The van der Waals surface area contributed by atoms with E-state index in [4.69, 9.17) is 4.74 Å². The van der Waals surface area contributed by atoms with Gasteiger partial charge in [-0.05, 0) is 83.1 Å². The lowest BCUT2D eigenvalue weighted by molar-refractivity contribution is -0.276. The van der Waals surface area contributed by atoms with Gasteiger partial charge in [-0.15, -0.1) is 13.2 Å². The van der Waals surface area contributed by atoms with Crippen LogP contribution >= 0.6 is 0 Å². The van der Waals surface area contributed by atoms with E-state index < -0.39 is 63.9 Å². The molecule has 0 aliphatic rings. The molecule has 0 spiro atoms. The summed E-state index contributed by atoms with van der Waals surface area (Å²) in [5.41, 5.74) is 1.57. The van der Waals surface area contributed by atoms with E-state index in [2.05, 4.69) is 11.7 Å². The summed E-state index contributed by atoms with van der Waals surface area (Å²) in [6.07, 6.45) is -5.00. The van der Waals surface area contributed by atoms with Crippen molar-refractivity contribution in [3.8, 4) is 44.9 Å². The number of benzene rings is 5. The van der Waals surface area contributed by atoms with Crippen LogP contribution in [0.15, 0.2) is 97.1 Å². The fourth-order valence-corrected chi connectivity index (χ4v) is 5.14. The molecule has 0 saturated heterocycles. The first-order valence-corrected chi connectivity index (χ1v) is 14.9. The predicted molar refractivity (Wildman–Crippen MR) is 163 cm³/mol. The van der Waals surface area contributed by atoms with Crippen molar-refractivity contribution in [2.45, 2.75) is 45.1 Å². The minimum Gasteiger partial charge on any atom is -0.429 e. The van der Waals surface area contributed by atoms with Crippen molar-refractivity contribution in [1.29, 1.82) is 0 Å². The van der Waals surface area contributed by atoms with Gasteiger partial charge in [-0.25, -0.2) is 17.6 Å². The third kappa shape index (κ3) is 8.13. The molecule has 0 aliphatic heterocycles. The van der Waals surface area contributed by atoms with Gasteiger partial charge in [0.2, 0.25) is 5.75 Å². The molecule has 0 heterocycles. The van der Waals surface area contributed by atoms with E-state index in [0.29, 0.717) is 29.3 Å². The molecule has 5 aromatic carbocycles. The molecule has 11 heteroatoms. The van der Waals surface area contributed by atoms with Crippen LogP contribution in [0.25, 0.3) is 33.4 Å². The molecule has 250 valence electrons. The zero-order chi connectivity index (χ0) is 34.6. The molecule has 5 rings (SSSR count). The SMILES string of the molecule is CCCCCc1ccc(-c2ccc(-c3ccc(C(F)(F)Oc4ccc(-c5cc(F)c(OC(F)(F)F)c(F)c5)c(F)c4)cc3)c(F)c2)cc1. The minimum atomic E-state index is -5.37. The molecule has 2 nitrogen and oxygen atoms in total. The van der Waals surface area contributed by atoms with Crippen LogP contribution < -0.4 is 9.47 Å². The lowest BCUT2D eigenvalue weighted by Crippen LogP contribution is -2.21. The van der Waals surface area contributed by atoms with Crippen LogP contribution in [0.2, 0.25) is 0 Å². The maximum absolute atomic E-state index is 15.1. The number of ether oxygens (including phenoxy) is 2. The molecular weight excluding hydrogens is 647 g/mol. The van der Waals surface area contributed by atoms with E-state index in [0.717, 1.165) is 55.5 Å². The maximum atomic E-state index is 15.1. The Bertz CT molecular complexity index is 1860. The first-order valence-electron chi connectivity index (χ1n) is 14.9. The number of halogens is 9. The lowest BCUT2D eigenvalue weighted by atomic mass is 9.97. The van der Waals surface area contributed by atoms with Crippen molar-refractivity contribution in [3.05, 3.63) is 131 Å². The van der Waals surface area contributed by atoms with Gasteiger partial charge in [0.1, 0.15) is 17.4 Å². The number of alkyl halides is 5. The van der Waals surface area contributed by atoms with Crippen molar-refractivity contribution in [3.63, 3.8) is 0 Å². The smallest absolute Gasteiger partial charge is 0.429 e. The van der Waals surface area contributed by atoms with Crippen LogP contribution in [0, 0.1) is 23.3 Å². The van der Waals surface area contributed by atoms with E-state index in [1.54, 1.807) is 12.1 Å². The molecule has 0 saturated carbocycles. The van der Waals surface area contributed by atoms with Crippen molar-refractivity contribution >= 4 is 0 Å². The monoisotopic (exact) mass is 674 g/mol. The van der Waals surface area contributed by atoms with Crippen LogP contribution in [-0.2, 0) is 12.5 Å². The largest absolute Gasteiger partial charge is 0.573 e. The van der Waals surface area contributed by atoms with Crippen molar-refractivity contribution in [2.24, 2.45) is 0 Å². The maximum Gasteiger partial charge on any atom is 0.573 e. The van der Waals surface area contributed by atoms with Gasteiger partial charge in [-0.2, -0.15) is 8.78 Å². The summed E-state index contributed by atoms with van der Waals surface area (Å²) in [6.45, 7) is 2.14. The molecule has 0 atom stereocenters. The van der Waals surface area contributed by atoms with E-state index in [-0.39, 0.29) is 5.56 Å². The summed E-state index contributed by atoms with van der Waals surface area (Å²) >= 11 is 0. The molecule has 0 bridgehead atoms. The highest BCUT2D eigenvalue weighted by Gasteiger charge is 2.36. The van der Waals surface area contributed by atoms with Crippen LogP contribution in [0.1, 0.15) is 37.3 Å². The summed E-state index contributed by atoms with van der Waals surface area (Å²) in [5.74, 6) is -7.68. The summed E-state index contributed by atoms with van der Waals surface area (Å²) in [6, 6.07) is 20.3. The lowest BCUT2D eigenvalue weighted by Gasteiger charge is -2.19. The molecule has 0 aromatic heterocycles. The zero-order valence-corrected chi connectivity index (χ0v) is 25.3. The third-order valence-electron chi connectivity index (χ3n) is 7.57. The molecule has 48 heavy (non-hydrogen) atoms. The number of hydrogen-bond acceptors (Lipinski definition) is 2.